The number of hydrogen-bond donors (Lipinski definition) is 2. The van der Waals surface area contributed by atoms with Gasteiger partial charge in [0.2, 0.25) is 10.0 Å². The van der Waals surface area contributed by atoms with Crippen LogP contribution in [0.5, 0.6) is 0 Å². The Balaban J connectivity index is 2.20. The maximum absolute atomic E-state index is 13.3. The molecule has 0 radical (unpaired) electrons. The van der Waals surface area contributed by atoms with Crippen LogP contribution < -0.4 is 10.5 Å². The molecule has 2 aromatic rings. The molecule has 0 spiro atoms. The predicted molar refractivity (Wildman–Crippen MR) is 86.3 cm³/mol. The van der Waals surface area contributed by atoms with Gasteiger partial charge < -0.3 is 5.73 Å². The van der Waals surface area contributed by atoms with Crippen molar-refractivity contribution >= 4 is 43.0 Å². The van der Waals surface area contributed by atoms with Gasteiger partial charge >= 0.3 is 0 Å². The molecule has 2 rings (SSSR count). The predicted octanol–water partition coefficient (Wildman–Crippen LogP) is 3.14. The molecule has 8 heteroatoms. The number of nitrogens with one attached hydrogen (secondary N) is 1. The Hall–Kier alpha value is -0.960. The van der Waals surface area contributed by atoms with Gasteiger partial charge in [-0.3, -0.25) is 0 Å². The number of sulfonamides is 1. The first-order valence-corrected chi connectivity index (χ1v) is 9.29. The molecule has 114 valence electrons. The first kappa shape index (κ1) is 16.4. The van der Waals surface area contributed by atoms with Crippen molar-refractivity contribution < 1.29 is 12.8 Å². The van der Waals surface area contributed by atoms with Crippen molar-refractivity contribution in [3.8, 4) is 0 Å². The number of anilines is 1. The summed E-state index contributed by atoms with van der Waals surface area (Å²) >= 11 is 4.61. The van der Waals surface area contributed by atoms with E-state index in [2.05, 4.69) is 20.7 Å². The summed E-state index contributed by atoms with van der Waals surface area (Å²) in [5, 5.41) is 3.91. The second-order valence-electron chi connectivity index (χ2n) is 4.66. The van der Waals surface area contributed by atoms with Gasteiger partial charge in [-0.25, -0.2) is 17.5 Å². The Morgan fingerprint density at radius 2 is 2.19 bits per heavy atom. The summed E-state index contributed by atoms with van der Waals surface area (Å²) in [4.78, 5) is -0.0708. The van der Waals surface area contributed by atoms with Crippen LogP contribution in [0.15, 0.2) is 38.3 Å². The average Bonchev–Trinajstić information content (AvgIpc) is 2.85. The third-order valence-corrected chi connectivity index (χ3v) is 6.10. The fourth-order valence-corrected chi connectivity index (χ4v) is 4.86. The standard InChI is InChI=1S/C13H14BrFN2O2S2/c1-8(4-9-2-3-20-7-9)17-21(18,19)13-6-12(16)11(15)5-10(13)14/h2-3,5-8,17H,4,16H2,1H3. The van der Waals surface area contributed by atoms with Gasteiger partial charge in [0, 0.05) is 10.5 Å². The molecule has 0 aliphatic rings. The van der Waals surface area contributed by atoms with E-state index in [0.717, 1.165) is 17.7 Å². The van der Waals surface area contributed by atoms with Gasteiger partial charge in [0.1, 0.15) is 5.82 Å². The SMILES string of the molecule is CC(Cc1ccsc1)NS(=O)(=O)c1cc(N)c(F)cc1Br. The van der Waals surface area contributed by atoms with E-state index < -0.39 is 15.8 Å². The van der Waals surface area contributed by atoms with E-state index in [1.807, 2.05) is 16.8 Å². The van der Waals surface area contributed by atoms with Gasteiger partial charge in [0.05, 0.1) is 10.6 Å². The number of nitrogens with two attached hydrogens (primary N) is 1. The number of nitrogen functional groups attached to an aromatic ring is 1. The Morgan fingerprint density at radius 3 is 2.81 bits per heavy atom. The topological polar surface area (TPSA) is 72.2 Å². The highest BCUT2D eigenvalue weighted by atomic mass is 79.9. The minimum absolute atomic E-state index is 0.0708. The molecule has 1 unspecified atom stereocenters. The molecule has 1 aromatic carbocycles. The average molecular weight is 393 g/mol. The zero-order valence-corrected chi connectivity index (χ0v) is 14.4. The zero-order chi connectivity index (χ0) is 15.6. The van der Waals surface area contributed by atoms with E-state index in [1.165, 1.54) is 0 Å². The summed E-state index contributed by atoms with van der Waals surface area (Å²) in [6.45, 7) is 1.77. The molecular formula is C13H14BrFN2O2S2. The lowest BCUT2D eigenvalue weighted by molar-refractivity contribution is 0.559. The second-order valence-corrected chi connectivity index (χ2v) is 7.98. The number of thiophene rings is 1. The molecule has 21 heavy (non-hydrogen) atoms. The molecule has 0 amide bonds. The molecule has 0 saturated carbocycles. The molecule has 4 nitrogen and oxygen atoms in total. The van der Waals surface area contributed by atoms with Crippen LogP contribution >= 0.6 is 27.3 Å². The van der Waals surface area contributed by atoms with E-state index in [0.29, 0.717) is 6.42 Å². The number of benzene rings is 1. The third-order valence-electron chi connectivity index (χ3n) is 2.82. The zero-order valence-electron chi connectivity index (χ0n) is 11.1. The molecule has 1 atom stereocenters. The minimum atomic E-state index is -3.77. The minimum Gasteiger partial charge on any atom is -0.396 e. The van der Waals surface area contributed by atoms with Crippen LogP contribution in [0.1, 0.15) is 12.5 Å². The molecule has 0 saturated heterocycles. The molecule has 0 fully saturated rings. The van der Waals surface area contributed by atoms with Crippen LogP contribution in [0, 0.1) is 5.82 Å². The Bertz CT molecular complexity index is 733. The van der Waals surface area contributed by atoms with Crippen molar-refractivity contribution in [2.45, 2.75) is 24.3 Å². The molecule has 3 N–H and O–H groups in total. The van der Waals surface area contributed by atoms with Gasteiger partial charge in [0.15, 0.2) is 0 Å². The van der Waals surface area contributed by atoms with Crippen LogP contribution in [0.2, 0.25) is 0 Å². The molecule has 0 aliphatic heterocycles. The lowest BCUT2D eigenvalue weighted by atomic mass is 10.1. The highest BCUT2D eigenvalue weighted by molar-refractivity contribution is 9.10. The third kappa shape index (κ3) is 4.03. The smallest absolute Gasteiger partial charge is 0.242 e. The fourth-order valence-electron chi connectivity index (χ4n) is 1.88. The molecule has 0 bridgehead atoms. The lowest BCUT2D eigenvalue weighted by Gasteiger charge is -2.15. The Morgan fingerprint density at radius 1 is 1.48 bits per heavy atom. The fraction of sp³-hybridized carbons (Fsp3) is 0.231. The van der Waals surface area contributed by atoms with E-state index >= 15 is 0 Å². The number of halogens is 2. The van der Waals surface area contributed by atoms with Crippen LogP contribution in [0.25, 0.3) is 0 Å². The van der Waals surface area contributed by atoms with Crippen molar-refractivity contribution in [2.75, 3.05) is 5.73 Å². The normalized spacial score (nSPS) is 13.3. The van der Waals surface area contributed by atoms with Gasteiger partial charge in [-0.15, -0.1) is 0 Å². The van der Waals surface area contributed by atoms with Gasteiger partial charge in [-0.05, 0) is 63.8 Å². The van der Waals surface area contributed by atoms with Crippen LogP contribution in [0.4, 0.5) is 10.1 Å². The van der Waals surface area contributed by atoms with Crippen molar-refractivity contribution in [1.29, 1.82) is 0 Å². The number of rotatable bonds is 5. The summed E-state index contributed by atoms with van der Waals surface area (Å²) in [6, 6.07) is 3.82. The first-order chi connectivity index (χ1) is 9.79. The van der Waals surface area contributed by atoms with Gasteiger partial charge in [-0.2, -0.15) is 11.3 Å². The first-order valence-electron chi connectivity index (χ1n) is 6.07. The van der Waals surface area contributed by atoms with Gasteiger partial charge in [-0.1, -0.05) is 0 Å². The lowest BCUT2D eigenvalue weighted by Crippen LogP contribution is -2.34. The highest BCUT2D eigenvalue weighted by Gasteiger charge is 2.22. The maximum atomic E-state index is 13.3. The maximum Gasteiger partial charge on any atom is 0.242 e. The van der Waals surface area contributed by atoms with Crippen LogP contribution in [0.3, 0.4) is 0 Å². The Kier molecular flexibility index (Phi) is 5.03. The summed E-state index contributed by atoms with van der Waals surface area (Å²) < 4.78 is 40.7. The molecule has 0 aliphatic carbocycles. The van der Waals surface area contributed by atoms with E-state index in [1.54, 1.807) is 18.3 Å². The summed E-state index contributed by atoms with van der Waals surface area (Å²) in [5.74, 6) is -0.660. The van der Waals surface area contributed by atoms with Crippen molar-refractivity contribution in [1.82, 2.24) is 4.72 Å². The van der Waals surface area contributed by atoms with Crippen molar-refractivity contribution in [3.63, 3.8) is 0 Å². The monoisotopic (exact) mass is 392 g/mol. The van der Waals surface area contributed by atoms with Crippen molar-refractivity contribution in [3.05, 3.63) is 44.8 Å². The van der Waals surface area contributed by atoms with Crippen molar-refractivity contribution in [2.24, 2.45) is 0 Å². The van der Waals surface area contributed by atoms with Crippen LogP contribution in [-0.4, -0.2) is 14.5 Å². The summed E-state index contributed by atoms with van der Waals surface area (Å²) in [7, 11) is -3.77. The van der Waals surface area contributed by atoms with Gasteiger partial charge in [0.25, 0.3) is 0 Å². The molecule has 1 heterocycles. The van der Waals surface area contributed by atoms with E-state index in [-0.39, 0.29) is 21.1 Å². The summed E-state index contributed by atoms with van der Waals surface area (Å²) in [6.07, 6.45) is 0.580. The largest absolute Gasteiger partial charge is 0.396 e. The molecule has 1 aromatic heterocycles. The number of hydrogen-bond acceptors (Lipinski definition) is 4. The van der Waals surface area contributed by atoms with Crippen LogP contribution in [-0.2, 0) is 16.4 Å². The Labute approximate surface area is 135 Å². The quantitative estimate of drug-likeness (QED) is 0.767. The van der Waals surface area contributed by atoms with E-state index in [4.69, 9.17) is 5.73 Å². The second kappa shape index (κ2) is 6.43. The molecular weight excluding hydrogens is 379 g/mol. The summed E-state index contributed by atoms with van der Waals surface area (Å²) in [5.41, 5.74) is 6.30. The highest BCUT2D eigenvalue weighted by Crippen LogP contribution is 2.27. The van der Waals surface area contributed by atoms with E-state index in [9.17, 15) is 12.8 Å².